The lowest BCUT2D eigenvalue weighted by atomic mass is 9.85. The highest BCUT2D eigenvalue weighted by molar-refractivity contribution is 8.15. The number of anilines is 1. The first-order chi connectivity index (χ1) is 15.1. The van der Waals surface area contributed by atoms with E-state index in [9.17, 15) is 8.78 Å². The third-order valence-corrected chi connectivity index (χ3v) is 8.06. The Bertz CT molecular complexity index is 1110. The van der Waals surface area contributed by atoms with Crippen LogP contribution in [0.4, 0.5) is 13.9 Å². The van der Waals surface area contributed by atoms with E-state index in [4.69, 9.17) is 5.10 Å². The van der Waals surface area contributed by atoms with E-state index < -0.39 is 16.5 Å². The molecule has 160 valence electrons. The molecule has 0 bridgehead atoms. The Labute approximate surface area is 187 Å². The molecule has 5 nitrogen and oxygen atoms in total. The van der Waals surface area contributed by atoms with E-state index in [2.05, 4.69) is 27.6 Å². The predicted octanol–water partition coefficient (Wildman–Crippen LogP) is 4.89. The van der Waals surface area contributed by atoms with E-state index in [1.54, 1.807) is 0 Å². The number of hydrogen-bond donors (Lipinski definition) is 1. The van der Waals surface area contributed by atoms with Gasteiger partial charge in [0, 0.05) is 11.5 Å². The molecule has 0 spiro atoms. The van der Waals surface area contributed by atoms with Crippen molar-refractivity contribution < 1.29 is 8.78 Å². The third kappa shape index (κ3) is 3.64. The van der Waals surface area contributed by atoms with Gasteiger partial charge < -0.3 is 5.32 Å². The first-order valence-electron chi connectivity index (χ1n) is 10.2. The van der Waals surface area contributed by atoms with Crippen LogP contribution in [0.3, 0.4) is 0 Å². The maximum absolute atomic E-state index is 14.7. The summed E-state index contributed by atoms with van der Waals surface area (Å²) in [5.74, 6) is -0.754. The number of hydrogen-bond acceptors (Lipinski definition) is 7. The molecule has 1 unspecified atom stereocenters. The van der Waals surface area contributed by atoms with Crippen LogP contribution < -0.4 is 10.3 Å². The van der Waals surface area contributed by atoms with Gasteiger partial charge in [0.05, 0.1) is 0 Å². The van der Waals surface area contributed by atoms with Gasteiger partial charge in [0.2, 0.25) is 5.13 Å². The van der Waals surface area contributed by atoms with Gasteiger partial charge in [-0.15, -0.1) is 10.2 Å². The minimum atomic E-state index is -0.622. The molecular weight excluding hydrogens is 436 g/mol. The van der Waals surface area contributed by atoms with Crippen molar-refractivity contribution in [1.82, 2.24) is 15.5 Å². The normalized spacial score (nSPS) is 22.0. The molecule has 31 heavy (non-hydrogen) atoms. The van der Waals surface area contributed by atoms with E-state index in [1.165, 1.54) is 29.2 Å². The predicted molar refractivity (Wildman–Crippen MR) is 121 cm³/mol. The second-order valence-corrected chi connectivity index (χ2v) is 10.0. The monoisotopic (exact) mass is 457 g/mol. The van der Waals surface area contributed by atoms with E-state index in [1.807, 2.05) is 30.1 Å². The van der Waals surface area contributed by atoms with Crippen LogP contribution in [-0.4, -0.2) is 28.3 Å². The number of hydrazone groups is 1. The zero-order valence-corrected chi connectivity index (χ0v) is 18.5. The fourth-order valence-corrected chi connectivity index (χ4v) is 6.58. The lowest BCUT2D eigenvalue weighted by Gasteiger charge is -2.43. The molecule has 2 aliphatic heterocycles. The van der Waals surface area contributed by atoms with E-state index in [0.717, 1.165) is 48.6 Å². The van der Waals surface area contributed by atoms with Crippen LogP contribution in [0.2, 0.25) is 0 Å². The maximum Gasteiger partial charge on any atom is 0.230 e. The first-order valence-corrected chi connectivity index (χ1v) is 11.8. The molecule has 5 rings (SSSR count). The van der Waals surface area contributed by atoms with Gasteiger partial charge in [0.1, 0.15) is 26.6 Å². The maximum atomic E-state index is 14.7. The Hall–Kier alpha value is -2.36. The van der Waals surface area contributed by atoms with Gasteiger partial charge in [0.15, 0.2) is 0 Å². The van der Waals surface area contributed by atoms with Crippen molar-refractivity contribution in [2.75, 3.05) is 18.1 Å². The van der Waals surface area contributed by atoms with Crippen LogP contribution in [0.15, 0.2) is 53.6 Å². The molecule has 1 saturated heterocycles. The van der Waals surface area contributed by atoms with Crippen molar-refractivity contribution in [2.45, 2.75) is 24.6 Å². The van der Waals surface area contributed by atoms with Gasteiger partial charge in [-0.05, 0) is 56.6 Å². The fraction of sp³-hybridized carbons (Fsp3) is 0.318. The fourth-order valence-electron chi connectivity index (χ4n) is 4.27. The van der Waals surface area contributed by atoms with Gasteiger partial charge in [0.25, 0.3) is 0 Å². The van der Waals surface area contributed by atoms with Crippen molar-refractivity contribution in [1.29, 1.82) is 0 Å². The van der Waals surface area contributed by atoms with Crippen LogP contribution >= 0.6 is 23.1 Å². The molecule has 0 amide bonds. The molecular formula is C22H21F2N5S2. The number of thioether (sulfide) groups is 1. The minimum Gasteiger partial charge on any atom is -0.317 e. The highest BCUT2D eigenvalue weighted by Crippen LogP contribution is 2.56. The Morgan fingerprint density at radius 3 is 2.55 bits per heavy atom. The Balaban J connectivity index is 1.71. The average Bonchev–Trinajstić information content (AvgIpc) is 3.41. The summed E-state index contributed by atoms with van der Waals surface area (Å²) in [4.78, 5) is -0.622. The minimum absolute atomic E-state index is 0.169. The average molecular weight is 458 g/mol. The van der Waals surface area contributed by atoms with Crippen molar-refractivity contribution in [3.8, 4) is 0 Å². The standard InChI is InChI=1S/C22H21F2N5S2/c1-14-26-27-21(30-14)29-22(15-5-3-2-4-6-15,16-9-11-25-12-10-16)31-20(28-29)18-13-17(23)7-8-19(18)24/h2-8,13,16,25H,9-12H2,1H3. The molecule has 1 fully saturated rings. The highest BCUT2D eigenvalue weighted by atomic mass is 32.2. The molecule has 0 saturated carbocycles. The van der Waals surface area contributed by atoms with Crippen LogP contribution in [-0.2, 0) is 4.87 Å². The number of rotatable bonds is 4. The molecule has 2 aromatic carbocycles. The number of nitrogens with zero attached hydrogens (tertiary/aromatic N) is 4. The van der Waals surface area contributed by atoms with Gasteiger partial charge in [-0.25, -0.2) is 13.8 Å². The number of halogens is 2. The SMILES string of the molecule is Cc1nnc(N2N=C(c3cc(F)ccc3F)SC2(c2ccccc2)C2CCNCC2)s1. The summed E-state index contributed by atoms with van der Waals surface area (Å²) in [6.07, 6.45) is 1.87. The van der Waals surface area contributed by atoms with Crippen LogP contribution in [0.5, 0.6) is 0 Å². The number of aryl methyl sites for hydroxylation is 1. The molecule has 2 aliphatic rings. The molecule has 9 heteroatoms. The summed E-state index contributed by atoms with van der Waals surface area (Å²) < 4.78 is 28.8. The number of benzene rings is 2. The Kier molecular flexibility index (Phi) is 5.49. The molecule has 3 aromatic rings. The summed E-state index contributed by atoms with van der Waals surface area (Å²) in [6, 6.07) is 13.6. The second-order valence-electron chi connectivity index (χ2n) is 7.63. The summed E-state index contributed by atoms with van der Waals surface area (Å²) in [5, 5.41) is 20.7. The van der Waals surface area contributed by atoms with Crippen LogP contribution in [0, 0.1) is 24.5 Å². The lowest BCUT2D eigenvalue weighted by Crippen LogP contribution is -2.48. The molecule has 0 aliphatic carbocycles. The van der Waals surface area contributed by atoms with Crippen molar-refractivity contribution in [2.24, 2.45) is 11.0 Å². The van der Waals surface area contributed by atoms with E-state index in [0.29, 0.717) is 10.2 Å². The largest absolute Gasteiger partial charge is 0.317 e. The molecule has 1 atom stereocenters. The number of nitrogens with one attached hydrogen (secondary N) is 1. The van der Waals surface area contributed by atoms with Crippen molar-refractivity contribution in [3.05, 3.63) is 76.3 Å². The van der Waals surface area contributed by atoms with E-state index in [-0.39, 0.29) is 11.5 Å². The third-order valence-electron chi connectivity index (χ3n) is 5.69. The zero-order chi connectivity index (χ0) is 21.4. The summed E-state index contributed by atoms with van der Waals surface area (Å²) in [6.45, 7) is 3.69. The topological polar surface area (TPSA) is 53.4 Å². The van der Waals surface area contributed by atoms with Gasteiger partial charge in [-0.1, -0.05) is 53.4 Å². The smallest absolute Gasteiger partial charge is 0.230 e. The summed E-state index contributed by atoms with van der Waals surface area (Å²) in [7, 11) is 0. The Morgan fingerprint density at radius 2 is 1.84 bits per heavy atom. The zero-order valence-electron chi connectivity index (χ0n) is 16.9. The summed E-state index contributed by atoms with van der Waals surface area (Å²) >= 11 is 2.94. The highest BCUT2D eigenvalue weighted by Gasteiger charge is 2.53. The molecule has 0 radical (unpaired) electrons. The molecule has 1 aromatic heterocycles. The van der Waals surface area contributed by atoms with Crippen LogP contribution in [0.1, 0.15) is 29.0 Å². The number of aromatic nitrogens is 2. The first kappa shape index (κ1) is 20.5. The van der Waals surface area contributed by atoms with Gasteiger partial charge in [-0.3, -0.25) is 0 Å². The Morgan fingerprint density at radius 1 is 1.06 bits per heavy atom. The summed E-state index contributed by atoms with van der Waals surface area (Å²) in [5.41, 5.74) is 1.23. The number of piperidine rings is 1. The second kappa shape index (κ2) is 8.29. The van der Waals surface area contributed by atoms with E-state index >= 15 is 0 Å². The molecule has 1 N–H and O–H groups in total. The van der Waals surface area contributed by atoms with Crippen LogP contribution in [0.25, 0.3) is 0 Å². The van der Waals surface area contributed by atoms with Crippen molar-refractivity contribution >= 4 is 33.3 Å². The quantitative estimate of drug-likeness (QED) is 0.604. The van der Waals surface area contributed by atoms with Gasteiger partial charge >= 0.3 is 0 Å². The van der Waals surface area contributed by atoms with Crippen molar-refractivity contribution in [3.63, 3.8) is 0 Å². The molecule has 3 heterocycles. The van der Waals surface area contributed by atoms with Gasteiger partial charge in [-0.2, -0.15) is 5.10 Å². The lowest BCUT2D eigenvalue weighted by molar-refractivity contribution is 0.287.